The largest absolute Gasteiger partial charge is 0.305 e. The van der Waals surface area contributed by atoms with E-state index in [-0.39, 0.29) is 20.1 Å². The second-order valence-electron chi connectivity index (χ2n) is 11.7. The van der Waals surface area contributed by atoms with E-state index in [0.717, 1.165) is 28.9 Å². The van der Waals surface area contributed by atoms with Gasteiger partial charge in [-0.05, 0) is 11.8 Å². The Balaban J connectivity index is 0.000000249. The van der Waals surface area contributed by atoms with Crippen LogP contribution in [0.1, 0.15) is 19.4 Å². The van der Waals surface area contributed by atoms with E-state index in [1.165, 1.54) is 31.5 Å². The maximum absolute atomic E-state index is 4.87. The van der Waals surface area contributed by atoms with Gasteiger partial charge in [-0.1, -0.05) is 12.1 Å². The molecule has 0 aliphatic heterocycles. The molecule has 0 spiro atoms. The summed E-state index contributed by atoms with van der Waals surface area (Å²) in [5, 5.41) is 5.06. The number of aromatic nitrogens is 2. The van der Waals surface area contributed by atoms with Crippen molar-refractivity contribution in [2.75, 3.05) is 0 Å². The second kappa shape index (κ2) is 13.7. The summed E-state index contributed by atoms with van der Waals surface area (Å²) in [7, 11) is 0. The first-order valence-electron chi connectivity index (χ1n) is 14.0. The van der Waals surface area contributed by atoms with Gasteiger partial charge in [-0.15, -0.1) is 35.9 Å². The SMILES string of the molecule is CC(C)Cc1cc(-c2[c-]cc3c(ccc4ccccc43)c2)nc[c]1[Ge]([CH3])([CH3])[CH3].[Ir].[c-]1ccccc1-c1ccccn1. The van der Waals surface area contributed by atoms with E-state index in [4.69, 9.17) is 4.98 Å². The molecule has 209 valence electrons. The van der Waals surface area contributed by atoms with Crippen LogP contribution in [-0.2, 0) is 26.5 Å². The number of fused-ring (bicyclic) bond motifs is 3. The number of benzene rings is 4. The summed E-state index contributed by atoms with van der Waals surface area (Å²) in [6.45, 7) is 4.60. The summed E-state index contributed by atoms with van der Waals surface area (Å²) in [5.41, 5.74) is 5.62. The van der Waals surface area contributed by atoms with Crippen molar-refractivity contribution in [3.63, 3.8) is 0 Å². The van der Waals surface area contributed by atoms with Crippen LogP contribution in [0.25, 0.3) is 44.1 Å². The van der Waals surface area contributed by atoms with Crippen LogP contribution in [0.15, 0.2) is 109 Å². The summed E-state index contributed by atoms with van der Waals surface area (Å²) < 4.78 is 1.53. The predicted molar refractivity (Wildman–Crippen MR) is 174 cm³/mol. The Labute approximate surface area is 261 Å². The molecule has 4 aromatic carbocycles. The summed E-state index contributed by atoms with van der Waals surface area (Å²) in [6, 6.07) is 40.0. The van der Waals surface area contributed by atoms with Gasteiger partial charge in [0.2, 0.25) is 0 Å². The predicted octanol–water partition coefficient (Wildman–Crippen LogP) is 9.15. The zero-order valence-electron chi connectivity index (χ0n) is 24.4. The molecule has 2 heterocycles. The molecule has 0 aliphatic carbocycles. The van der Waals surface area contributed by atoms with Crippen LogP contribution in [0, 0.1) is 18.1 Å². The quantitative estimate of drug-likeness (QED) is 0.0993. The zero-order chi connectivity index (χ0) is 28.1. The van der Waals surface area contributed by atoms with Crippen molar-refractivity contribution in [2.24, 2.45) is 5.92 Å². The van der Waals surface area contributed by atoms with E-state index in [1.807, 2.05) is 42.5 Å². The van der Waals surface area contributed by atoms with Crippen LogP contribution in [-0.4, -0.2) is 23.2 Å². The van der Waals surface area contributed by atoms with Crippen LogP contribution in [0.2, 0.25) is 17.3 Å². The molecule has 2 nitrogen and oxygen atoms in total. The Bertz CT molecular complexity index is 1690. The zero-order valence-corrected chi connectivity index (χ0v) is 28.9. The molecule has 0 saturated carbocycles. The fourth-order valence-electron chi connectivity index (χ4n) is 5.10. The van der Waals surface area contributed by atoms with Gasteiger partial charge >= 0.3 is 171 Å². The summed E-state index contributed by atoms with van der Waals surface area (Å²) in [6.07, 6.45) is 5.06. The van der Waals surface area contributed by atoms with Crippen molar-refractivity contribution >= 4 is 39.2 Å². The molecule has 6 aromatic rings. The van der Waals surface area contributed by atoms with Crippen LogP contribution in [0.4, 0.5) is 0 Å². The minimum atomic E-state index is -1.95. The van der Waals surface area contributed by atoms with Gasteiger partial charge < -0.3 is 4.98 Å². The molecule has 41 heavy (non-hydrogen) atoms. The fraction of sp³-hybridized carbons (Fsp3) is 0.189. The average molecular weight is 774 g/mol. The Morgan fingerprint density at radius 1 is 0.707 bits per heavy atom. The van der Waals surface area contributed by atoms with Gasteiger partial charge in [0.15, 0.2) is 0 Å². The molecule has 0 saturated heterocycles. The minimum Gasteiger partial charge on any atom is -0.305 e. The van der Waals surface area contributed by atoms with Crippen molar-refractivity contribution in [2.45, 2.75) is 37.5 Å². The first-order chi connectivity index (χ1) is 19.3. The first-order valence-corrected chi connectivity index (χ1v) is 21.3. The Kier molecular flexibility index (Phi) is 10.3. The standard InChI is InChI=1S/C26H28GeN.C11H8N.Ir/c1-18(2)14-22-16-26(28-17-25(22)27(3,4)5)21-12-13-24-20(15-21)11-10-19-8-6-7-9-23(19)24;1-2-6-10(7-3-1)11-8-4-5-9-12-11;/h6-11,13,15-18H,14H2,1-5H3;1-6,8-9H;/q2*-1;. The Hall–Kier alpha value is -3.11. The minimum absolute atomic E-state index is 0. The normalized spacial score (nSPS) is 11.2. The average Bonchev–Trinajstić information content (AvgIpc) is 2.97. The van der Waals surface area contributed by atoms with E-state index in [9.17, 15) is 0 Å². The maximum Gasteiger partial charge on any atom is 0.0160 e. The van der Waals surface area contributed by atoms with Crippen molar-refractivity contribution in [1.29, 1.82) is 0 Å². The molecule has 6 rings (SSSR count). The van der Waals surface area contributed by atoms with Gasteiger partial charge in [0.05, 0.1) is 0 Å². The Morgan fingerprint density at radius 2 is 1.46 bits per heavy atom. The van der Waals surface area contributed by atoms with Crippen LogP contribution < -0.4 is 4.40 Å². The molecule has 0 unspecified atom stereocenters. The topological polar surface area (TPSA) is 25.8 Å². The smallest absolute Gasteiger partial charge is 0.0160 e. The summed E-state index contributed by atoms with van der Waals surface area (Å²) >= 11 is -1.95. The van der Waals surface area contributed by atoms with Gasteiger partial charge in [0.1, 0.15) is 0 Å². The monoisotopic (exact) mass is 775 g/mol. The van der Waals surface area contributed by atoms with E-state index >= 15 is 0 Å². The second-order valence-corrected chi connectivity index (χ2v) is 22.3. The van der Waals surface area contributed by atoms with Crippen molar-refractivity contribution in [3.8, 4) is 22.5 Å². The van der Waals surface area contributed by atoms with Crippen molar-refractivity contribution in [3.05, 3.63) is 127 Å². The number of nitrogens with zero attached hydrogens (tertiary/aromatic N) is 2. The molecular weight excluding hydrogens is 737 g/mol. The third kappa shape index (κ3) is 7.60. The van der Waals surface area contributed by atoms with Crippen molar-refractivity contribution < 1.29 is 20.1 Å². The molecule has 1 radical (unpaired) electrons. The van der Waals surface area contributed by atoms with Gasteiger partial charge in [-0.25, -0.2) is 0 Å². The van der Waals surface area contributed by atoms with Gasteiger partial charge in [-0.3, -0.25) is 0 Å². The van der Waals surface area contributed by atoms with Gasteiger partial charge in [0.25, 0.3) is 0 Å². The first kappa shape index (κ1) is 30.8. The number of pyridine rings is 2. The Morgan fingerprint density at radius 3 is 2.17 bits per heavy atom. The fourth-order valence-corrected chi connectivity index (χ4v) is 8.43. The molecular formula is C37H36GeIrN2-2. The van der Waals surface area contributed by atoms with E-state index in [1.54, 1.807) is 6.20 Å². The van der Waals surface area contributed by atoms with Crippen LogP contribution in [0.3, 0.4) is 0 Å². The molecule has 0 amide bonds. The summed E-state index contributed by atoms with van der Waals surface area (Å²) in [5.74, 6) is 8.00. The molecule has 4 heteroatoms. The van der Waals surface area contributed by atoms with E-state index in [0.29, 0.717) is 5.92 Å². The van der Waals surface area contributed by atoms with E-state index in [2.05, 4.69) is 109 Å². The van der Waals surface area contributed by atoms with Crippen LogP contribution >= 0.6 is 0 Å². The van der Waals surface area contributed by atoms with Crippen molar-refractivity contribution in [1.82, 2.24) is 9.97 Å². The molecule has 0 bridgehead atoms. The number of rotatable bonds is 5. The van der Waals surface area contributed by atoms with Gasteiger partial charge in [0, 0.05) is 26.3 Å². The number of hydrogen-bond donors (Lipinski definition) is 0. The maximum atomic E-state index is 4.87. The molecule has 2 aromatic heterocycles. The summed E-state index contributed by atoms with van der Waals surface area (Å²) in [4.78, 5) is 9.09. The molecule has 0 fully saturated rings. The third-order valence-corrected chi connectivity index (χ3v) is 11.4. The number of hydrogen-bond acceptors (Lipinski definition) is 2. The molecule has 0 N–H and O–H groups in total. The third-order valence-electron chi connectivity index (χ3n) is 7.03. The van der Waals surface area contributed by atoms with Crippen LogP contribution in [0.5, 0.6) is 0 Å². The molecule has 0 aliphatic rings. The van der Waals surface area contributed by atoms with E-state index < -0.39 is 13.3 Å². The van der Waals surface area contributed by atoms with Gasteiger partial charge in [-0.2, -0.15) is 0 Å². The molecule has 0 atom stereocenters.